The summed E-state index contributed by atoms with van der Waals surface area (Å²) in [5.74, 6) is -0.0198. The van der Waals surface area contributed by atoms with Crippen molar-refractivity contribution >= 4 is 17.1 Å². The van der Waals surface area contributed by atoms with E-state index in [0.717, 1.165) is 22.8 Å². The Bertz CT molecular complexity index is 949. The molecule has 30 heavy (non-hydrogen) atoms. The molecule has 0 amide bonds. The third-order valence-corrected chi connectivity index (χ3v) is 5.53. The molecule has 1 aromatic carbocycles. The lowest BCUT2D eigenvalue weighted by Crippen LogP contribution is -2.15. The van der Waals surface area contributed by atoms with Gasteiger partial charge in [-0.25, -0.2) is 0 Å². The lowest BCUT2D eigenvalue weighted by atomic mass is 9.87. The number of rotatable bonds is 6. The van der Waals surface area contributed by atoms with Crippen molar-refractivity contribution in [2.24, 2.45) is 0 Å². The highest BCUT2D eigenvalue weighted by molar-refractivity contribution is 5.55. The number of aryl methyl sites for hydroxylation is 2. The Morgan fingerprint density at radius 2 is 1.00 bits per heavy atom. The molecule has 5 nitrogen and oxygen atoms in total. The summed E-state index contributed by atoms with van der Waals surface area (Å²) in [7, 11) is 12.3. The predicted molar refractivity (Wildman–Crippen MR) is 128 cm³/mol. The van der Waals surface area contributed by atoms with Gasteiger partial charge in [-0.2, -0.15) is 0 Å². The van der Waals surface area contributed by atoms with E-state index >= 15 is 0 Å². The van der Waals surface area contributed by atoms with Gasteiger partial charge in [-0.1, -0.05) is 12.1 Å². The van der Waals surface area contributed by atoms with Crippen LogP contribution in [-0.2, 0) is 0 Å². The molecule has 0 atom stereocenters. The summed E-state index contributed by atoms with van der Waals surface area (Å²) < 4.78 is 0. The van der Waals surface area contributed by atoms with E-state index in [4.69, 9.17) is 9.97 Å². The Hall–Kier alpha value is -3.08. The Balaban J connectivity index is 2.17. The summed E-state index contributed by atoms with van der Waals surface area (Å²) in [5.41, 5.74) is 9.01. The SMILES string of the molecule is Cc1cc(N(C)C)cnc1C(c1ccc(N(C)C)cc1)c1ncc(N(C)C)cc1C. The van der Waals surface area contributed by atoms with Gasteiger partial charge in [0.05, 0.1) is 41.1 Å². The van der Waals surface area contributed by atoms with Gasteiger partial charge >= 0.3 is 0 Å². The monoisotopic (exact) mass is 403 g/mol. The van der Waals surface area contributed by atoms with Crippen LogP contribution in [0.1, 0.15) is 34.0 Å². The number of nitrogens with zero attached hydrogens (tertiary/aromatic N) is 5. The van der Waals surface area contributed by atoms with E-state index in [9.17, 15) is 0 Å². The number of hydrogen-bond donors (Lipinski definition) is 0. The first-order valence-corrected chi connectivity index (χ1v) is 10.2. The Labute approximate surface area is 181 Å². The molecule has 2 aromatic heterocycles. The fraction of sp³-hybridized carbons (Fsp3) is 0.360. The molecule has 0 fully saturated rings. The van der Waals surface area contributed by atoms with Crippen LogP contribution in [0, 0.1) is 13.8 Å². The average molecular weight is 404 g/mol. The maximum Gasteiger partial charge on any atom is 0.0691 e. The summed E-state index contributed by atoms with van der Waals surface area (Å²) >= 11 is 0. The topological polar surface area (TPSA) is 35.5 Å². The minimum Gasteiger partial charge on any atom is -0.378 e. The van der Waals surface area contributed by atoms with Gasteiger partial charge in [-0.15, -0.1) is 0 Å². The van der Waals surface area contributed by atoms with Gasteiger partial charge in [-0.3, -0.25) is 9.97 Å². The zero-order valence-corrected chi connectivity index (χ0v) is 19.4. The maximum absolute atomic E-state index is 4.91. The first-order valence-electron chi connectivity index (χ1n) is 10.2. The van der Waals surface area contributed by atoms with Crippen molar-refractivity contribution in [1.29, 1.82) is 0 Å². The molecule has 0 aliphatic carbocycles. The molecule has 0 N–H and O–H groups in total. The minimum absolute atomic E-state index is 0.0198. The fourth-order valence-electron chi connectivity index (χ4n) is 3.64. The molecule has 2 heterocycles. The molecule has 0 bridgehead atoms. The molecule has 5 heteroatoms. The number of aromatic nitrogens is 2. The highest BCUT2D eigenvalue weighted by atomic mass is 15.1. The molecule has 0 radical (unpaired) electrons. The third kappa shape index (κ3) is 4.40. The third-order valence-electron chi connectivity index (χ3n) is 5.53. The van der Waals surface area contributed by atoms with Crippen molar-refractivity contribution in [2.75, 3.05) is 57.0 Å². The normalized spacial score (nSPS) is 11.0. The van der Waals surface area contributed by atoms with Crippen LogP contribution < -0.4 is 14.7 Å². The van der Waals surface area contributed by atoms with E-state index in [1.807, 2.05) is 40.6 Å². The zero-order chi connectivity index (χ0) is 22.0. The van der Waals surface area contributed by atoms with Crippen molar-refractivity contribution < 1.29 is 0 Å². The summed E-state index contributed by atoms with van der Waals surface area (Å²) in [6, 6.07) is 13.1. The van der Waals surface area contributed by atoms with E-state index in [1.54, 1.807) is 0 Å². The quantitative estimate of drug-likeness (QED) is 0.607. The number of benzene rings is 1. The molecular weight excluding hydrogens is 370 g/mol. The number of hydrogen-bond acceptors (Lipinski definition) is 5. The van der Waals surface area contributed by atoms with Crippen molar-refractivity contribution in [1.82, 2.24) is 9.97 Å². The second kappa shape index (κ2) is 8.74. The van der Waals surface area contributed by atoms with Crippen molar-refractivity contribution in [3.8, 4) is 0 Å². The van der Waals surface area contributed by atoms with E-state index in [0.29, 0.717) is 0 Å². The molecule has 0 aliphatic heterocycles. The molecule has 0 unspecified atom stereocenters. The molecule has 0 saturated heterocycles. The molecule has 3 aromatic rings. The molecule has 0 aliphatic rings. The first kappa shape index (κ1) is 21.6. The summed E-state index contributed by atoms with van der Waals surface area (Å²) in [5, 5.41) is 0. The highest BCUT2D eigenvalue weighted by Crippen LogP contribution is 2.35. The molecule has 158 valence electrons. The Kier molecular flexibility index (Phi) is 6.30. The van der Waals surface area contributed by atoms with Crippen LogP contribution in [0.5, 0.6) is 0 Å². The van der Waals surface area contributed by atoms with Gasteiger partial charge in [-0.05, 0) is 54.8 Å². The van der Waals surface area contributed by atoms with E-state index in [-0.39, 0.29) is 5.92 Å². The fourth-order valence-corrected chi connectivity index (χ4v) is 3.64. The van der Waals surface area contributed by atoms with Gasteiger partial charge in [0.15, 0.2) is 0 Å². The molecular formula is C25H33N5. The standard InChI is InChI=1S/C25H33N5/c1-17-13-21(29(5)6)15-26-24(17)23(19-9-11-20(12-10-19)28(3)4)25-18(2)14-22(16-27-25)30(7)8/h9-16,23H,1-8H3. The van der Waals surface area contributed by atoms with E-state index in [1.165, 1.54) is 22.4 Å². The predicted octanol–water partition coefficient (Wildman–Crippen LogP) is 4.47. The summed E-state index contributed by atoms with van der Waals surface area (Å²) in [6.45, 7) is 4.28. The van der Waals surface area contributed by atoms with Gasteiger partial charge < -0.3 is 14.7 Å². The first-order chi connectivity index (χ1) is 14.2. The van der Waals surface area contributed by atoms with E-state index < -0.39 is 0 Å². The van der Waals surface area contributed by atoms with Crippen molar-refractivity contribution in [3.05, 3.63) is 76.9 Å². The summed E-state index contributed by atoms with van der Waals surface area (Å²) in [6.07, 6.45) is 3.90. The van der Waals surface area contributed by atoms with Gasteiger partial charge in [0, 0.05) is 48.0 Å². The van der Waals surface area contributed by atoms with E-state index in [2.05, 4.69) is 79.0 Å². The van der Waals surface area contributed by atoms with Crippen molar-refractivity contribution in [2.45, 2.75) is 19.8 Å². The second-order valence-electron chi connectivity index (χ2n) is 8.50. The van der Waals surface area contributed by atoms with Crippen LogP contribution in [0.3, 0.4) is 0 Å². The minimum atomic E-state index is -0.0198. The van der Waals surface area contributed by atoms with Crippen LogP contribution in [0.15, 0.2) is 48.8 Å². The lowest BCUT2D eigenvalue weighted by Gasteiger charge is -2.24. The van der Waals surface area contributed by atoms with Gasteiger partial charge in [0.25, 0.3) is 0 Å². The van der Waals surface area contributed by atoms with Gasteiger partial charge in [0.2, 0.25) is 0 Å². The van der Waals surface area contributed by atoms with Gasteiger partial charge in [0.1, 0.15) is 0 Å². The smallest absolute Gasteiger partial charge is 0.0691 e. The lowest BCUT2D eigenvalue weighted by molar-refractivity contribution is 0.848. The zero-order valence-electron chi connectivity index (χ0n) is 19.4. The average Bonchev–Trinajstić information content (AvgIpc) is 2.70. The van der Waals surface area contributed by atoms with Crippen LogP contribution in [0.25, 0.3) is 0 Å². The van der Waals surface area contributed by atoms with Crippen LogP contribution >= 0.6 is 0 Å². The second-order valence-corrected chi connectivity index (χ2v) is 8.50. The summed E-state index contributed by atoms with van der Waals surface area (Å²) in [4.78, 5) is 16.1. The Morgan fingerprint density at radius 3 is 1.33 bits per heavy atom. The Morgan fingerprint density at radius 1 is 0.600 bits per heavy atom. The molecule has 0 saturated carbocycles. The van der Waals surface area contributed by atoms with Crippen LogP contribution in [0.4, 0.5) is 17.1 Å². The molecule has 3 rings (SSSR count). The van der Waals surface area contributed by atoms with Crippen LogP contribution in [0.2, 0.25) is 0 Å². The highest BCUT2D eigenvalue weighted by Gasteiger charge is 2.24. The van der Waals surface area contributed by atoms with Crippen molar-refractivity contribution in [3.63, 3.8) is 0 Å². The number of anilines is 3. The molecule has 0 spiro atoms. The maximum atomic E-state index is 4.91. The largest absolute Gasteiger partial charge is 0.378 e. The van der Waals surface area contributed by atoms with Crippen LogP contribution in [-0.4, -0.2) is 52.3 Å². The number of pyridine rings is 2.